The molecule has 6 heterocycles. The maximum absolute atomic E-state index is 5.61. The molecule has 12 nitrogen and oxygen atoms in total. The zero-order valence-corrected chi connectivity index (χ0v) is 27.8. The molecule has 0 bridgehead atoms. The first-order valence-electron chi connectivity index (χ1n) is 14.5. The Morgan fingerprint density at radius 1 is 0.660 bits per heavy atom. The zero-order chi connectivity index (χ0) is 32.6. The molecule has 236 valence electrons. The summed E-state index contributed by atoms with van der Waals surface area (Å²) in [5.41, 5.74) is 5.90. The minimum Gasteiger partial charge on any atom is -0.282 e. The fourth-order valence-corrected chi connectivity index (χ4v) is 5.35. The molecule has 0 amide bonds. The molecule has 0 fully saturated rings. The van der Waals surface area contributed by atoms with E-state index < -0.39 is 0 Å². The monoisotopic (exact) mass is 680 g/mol. The molecule has 47 heavy (non-hydrogen) atoms. The fraction of sp³-hybridized carbons (Fsp3) is 0.125. The summed E-state index contributed by atoms with van der Waals surface area (Å²) in [4.78, 5) is 17.3. The first kappa shape index (κ1) is 31.8. The first-order valence-corrected chi connectivity index (χ1v) is 16.4. The molecule has 8 rings (SSSR count). The van der Waals surface area contributed by atoms with Crippen molar-refractivity contribution in [1.82, 2.24) is 59.6 Å². The van der Waals surface area contributed by atoms with E-state index in [0.717, 1.165) is 51.3 Å². The SMILES string of the molecule is Cc1cccc2nc(CCl)nn12.Cc1cccc2nc(CSc3n[nH]c(-c4ccccc4)n3)nn12.S=c1nc(-c2ccccc2)[nH][nH]1. The number of nitrogens with zero attached hydrogens (tertiary/aromatic N) is 9. The van der Waals surface area contributed by atoms with Gasteiger partial charge in [-0.25, -0.2) is 24.0 Å². The third-order valence-corrected chi connectivity index (χ3v) is 7.97. The van der Waals surface area contributed by atoms with Crippen LogP contribution in [0.3, 0.4) is 0 Å². The molecule has 0 saturated heterocycles. The Balaban J connectivity index is 0.000000136. The molecule has 0 unspecified atom stereocenters. The predicted molar refractivity (Wildman–Crippen MR) is 186 cm³/mol. The van der Waals surface area contributed by atoms with Crippen LogP contribution in [0.15, 0.2) is 102 Å². The minimum atomic E-state index is 0.362. The van der Waals surface area contributed by atoms with Gasteiger partial charge in [0.05, 0.1) is 11.6 Å². The van der Waals surface area contributed by atoms with Crippen molar-refractivity contribution in [1.29, 1.82) is 0 Å². The number of H-pyrrole nitrogens is 3. The van der Waals surface area contributed by atoms with Gasteiger partial charge in [0.15, 0.2) is 34.6 Å². The van der Waals surface area contributed by atoms with Crippen LogP contribution in [0.4, 0.5) is 0 Å². The average molecular weight is 681 g/mol. The summed E-state index contributed by atoms with van der Waals surface area (Å²) in [7, 11) is 0. The Morgan fingerprint density at radius 2 is 1.23 bits per heavy atom. The molecule has 8 aromatic rings. The number of benzene rings is 2. The number of hydrogen-bond donors (Lipinski definition) is 3. The fourth-order valence-electron chi connectivity index (χ4n) is 4.45. The summed E-state index contributed by atoms with van der Waals surface area (Å²) in [6.45, 7) is 4.00. The van der Waals surface area contributed by atoms with Crippen LogP contribution in [0, 0.1) is 18.6 Å². The van der Waals surface area contributed by atoms with E-state index in [4.69, 9.17) is 23.8 Å². The van der Waals surface area contributed by atoms with Gasteiger partial charge in [-0.3, -0.25) is 15.3 Å². The van der Waals surface area contributed by atoms with E-state index >= 15 is 0 Å². The first-order chi connectivity index (χ1) is 23.0. The lowest BCUT2D eigenvalue weighted by Gasteiger charge is -1.94. The summed E-state index contributed by atoms with van der Waals surface area (Å²) in [5, 5.41) is 22.2. The molecule has 0 saturated carbocycles. The molecule has 2 aromatic carbocycles. The third kappa shape index (κ3) is 7.98. The molecule has 0 radical (unpaired) electrons. The van der Waals surface area contributed by atoms with E-state index in [1.165, 1.54) is 11.8 Å². The Hall–Kier alpha value is -5.18. The Morgan fingerprint density at radius 3 is 1.79 bits per heavy atom. The molecule has 15 heteroatoms. The highest BCUT2D eigenvalue weighted by molar-refractivity contribution is 7.98. The lowest BCUT2D eigenvalue weighted by molar-refractivity contribution is 0.886. The van der Waals surface area contributed by atoms with E-state index in [9.17, 15) is 0 Å². The second kappa shape index (κ2) is 14.9. The highest BCUT2D eigenvalue weighted by atomic mass is 35.5. The lowest BCUT2D eigenvalue weighted by Crippen LogP contribution is -1.92. The molecule has 0 aliphatic rings. The molecule has 0 atom stereocenters. The molecular weight excluding hydrogens is 652 g/mol. The van der Waals surface area contributed by atoms with E-state index in [2.05, 4.69) is 50.5 Å². The Kier molecular flexibility index (Phi) is 10.1. The van der Waals surface area contributed by atoms with Crippen LogP contribution in [0.25, 0.3) is 34.1 Å². The van der Waals surface area contributed by atoms with Crippen LogP contribution in [0.2, 0.25) is 0 Å². The second-order valence-electron chi connectivity index (χ2n) is 10.1. The topological polar surface area (TPSA) is 146 Å². The number of hydrogen-bond acceptors (Lipinski definition) is 9. The quantitative estimate of drug-likeness (QED) is 0.0957. The average Bonchev–Trinajstić information content (AvgIpc) is 3.92. The van der Waals surface area contributed by atoms with Gasteiger partial charge in [-0.2, -0.15) is 10.1 Å². The predicted octanol–water partition coefficient (Wildman–Crippen LogP) is 7.03. The number of rotatable bonds is 6. The lowest BCUT2D eigenvalue weighted by atomic mass is 10.2. The van der Waals surface area contributed by atoms with Gasteiger partial charge in [-0.1, -0.05) is 84.6 Å². The molecular formula is C32H29ClN12S2. The summed E-state index contributed by atoms with van der Waals surface area (Å²) < 4.78 is 4.12. The van der Waals surface area contributed by atoms with Crippen molar-refractivity contribution in [2.45, 2.75) is 30.6 Å². The summed E-state index contributed by atoms with van der Waals surface area (Å²) in [6, 6.07) is 31.6. The van der Waals surface area contributed by atoms with E-state index in [-0.39, 0.29) is 0 Å². The molecule has 0 aliphatic carbocycles. The Bertz CT molecular complexity index is 2250. The maximum atomic E-state index is 5.61. The number of aryl methyl sites for hydroxylation is 2. The smallest absolute Gasteiger partial charge is 0.213 e. The number of alkyl halides is 1. The van der Waals surface area contributed by atoms with Gasteiger partial charge in [0, 0.05) is 22.5 Å². The van der Waals surface area contributed by atoms with Gasteiger partial charge in [0.1, 0.15) is 0 Å². The Labute approximate surface area is 283 Å². The summed E-state index contributed by atoms with van der Waals surface area (Å²) >= 11 is 12.0. The van der Waals surface area contributed by atoms with Crippen LogP contribution in [-0.4, -0.2) is 59.6 Å². The maximum Gasteiger partial charge on any atom is 0.213 e. The number of aromatic amines is 3. The van der Waals surface area contributed by atoms with Gasteiger partial charge < -0.3 is 0 Å². The zero-order valence-electron chi connectivity index (χ0n) is 25.4. The number of thioether (sulfide) groups is 1. The standard InChI is InChI=1S/C16H14N6S.C8H8ClN3.C8H7N3S/c1-11-6-5-9-14-17-13(21-22(11)14)10-23-16-18-15(19-20-16)12-7-3-2-4-8-12;1-6-3-2-4-8-10-7(5-9)11-12(6)8;12-8-9-7(10-11-8)6-4-2-1-3-5-6/h2-9H,10H2,1H3,(H,18,19,20);2-4H,5H2,1H3;1-5H,(H2,9,10,11,12). The van der Waals surface area contributed by atoms with Gasteiger partial charge in [0.25, 0.3) is 0 Å². The largest absolute Gasteiger partial charge is 0.282 e. The number of nitrogens with one attached hydrogen (secondary N) is 3. The van der Waals surface area contributed by atoms with E-state index in [1.54, 1.807) is 4.52 Å². The van der Waals surface area contributed by atoms with Crippen molar-refractivity contribution in [3.05, 3.63) is 125 Å². The van der Waals surface area contributed by atoms with Gasteiger partial charge >= 0.3 is 0 Å². The van der Waals surface area contributed by atoms with Crippen molar-refractivity contribution in [3.8, 4) is 22.8 Å². The van der Waals surface area contributed by atoms with Crippen LogP contribution in [-0.2, 0) is 11.6 Å². The minimum absolute atomic E-state index is 0.362. The molecule has 6 aromatic heterocycles. The highest BCUT2D eigenvalue weighted by Crippen LogP contribution is 2.21. The van der Waals surface area contributed by atoms with E-state index in [1.807, 2.05) is 115 Å². The summed E-state index contributed by atoms with van der Waals surface area (Å²) in [6.07, 6.45) is 0. The number of pyridine rings is 2. The van der Waals surface area contributed by atoms with Crippen molar-refractivity contribution in [3.63, 3.8) is 0 Å². The van der Waals surface area contributed by atoms with Gasteiger partial charge in [0.2, 0.25) is 9.93 Å². The van der Waals surface area contributed by atoms with Crippen LogP contribution >= 0.6 is 35.6 Å². The summed E-state index contributed by atoms with van der Waals surface area (Å²) in [5.74, 6) is 3.99. The van der Waals surface area contributed by atoms with Gasteiger partial charge in [-0.05, 0) is 50.3 Å². The van der Waals surface area contributed by atoms with Crippen LogP contribution in [0.1, 0.15) is 23.0 Å². The highest BCUT2D eigenvalue weighted by Gasteiger charge is 2.10. The number of halogens is 1. The van der Waals surface area contributed by atoms with Crippen molar-refractivity contribution >= 4 is 46.9 Å². The van der Waals surface area contributed by atoms with Crippen molar-refractivity contribution in [2.75, 3.05) is 0 Å². The molecule has 0 aliphatic heterocycles. The molecule has 3 N–H and O–H groups in total. The van der Waals surface area contributed by atoms with E-state index in [0.29, 0.717) is 27.4 Å². The third-order valence-electron chi connectivity index (χ3n) is 6.70. The van der Waals surface area contributed by atoms with Crippen LogP contribution < -0.4 is 0 Å². The number of aromatic nitrogens is 12. The molecule has 0 spiro atoms. The number of fused-ring (bicyclic) bond motifs is 2. The van der Waals surface area contributed by atoms with Crippen molar-refractivity contribution < 1.29 is 0 Å². The second-order valence-corrected chi connectivity index (χ2v) is 11.7. The van der Waals surface area contributed by atoms with Crippen LogP contribution in [0.5, 0.6) is 0 Å². The normalized spacial score (nSPS) is 10.8. The van der Waals surface area contributed by atoms with Crippen molar-refractivity contribution in [2.24, 2.45) is 0 Å². The van der Waals surface area contributed by atoms with Gasteiger partial charge in [-0.15, -0.1) is 21.8 Å².